The first-order valence-corrected chi connectivity index (χ1v) is 10.1. The summed E-state index contributed by atoms with van der Waals surface area (Å²) >= 11 is 1.32. The molecular weight excluding hydrogens is 392 g/mol. The highest BCUT2D eigenvalue weighted by Crippen LogP contribution is 2.31. The van der Waals surface area contributed by atoms with Gasteiger partial charge in [-0.3, -0.25) is 9.36 Å². The molecule has 1 N–H and O–H groups in total. The average molecular weight is 417 g/mol. The van der Waals surface area contributed by atoms with Crippen LogP contribution in [0.15, 0.2) is 40.1 Å². The summed E-state index contributed by atoms with van der Waals surface area (Å²) in [6, 6.07) is 7.23. The summed E-state index contributed by atoms with van der Waals surface area (Å²) in [5.74, 6) is 2.69. The molecule has 0 saturated heterocycles. The lowest BCUT2D eigenvalue weighted by Crippen LogP contribution is -2.15. The zero-order valence-corrected chi connectivity index (χ0v) is 17.9. The first-order chi connectivity index (χ1) is 13.9. The predicted octanol–water partition coefficient (Wildman–Crippen LogP) is 4.18. The van der Waals surface area contributed by atoms with Crippen molar-refractivity contribution in [2.75, 3.05) is 25.3 Å². The van der Waals surface area contributed by atoms with Crippen LogP contribution < -0.4 is 14.8 Å². The number of methoxy groups -OCH3 is 2. The summed E-state index contributed by atoms with van der Waals surface area (Å²) in [5, 5.41) is 12.1. The molecule has 29 heavy (non-hydrogen) atoms. The first kappa shape index (κ1) is 20.8. The number of aryl methyl sites for hydroxylation is 1. The lowest BCUT2D eigenvalue weighted by Gasteiger charge is -2.14. The van der Waals surface area contributed by atoms with Crippen LogP contribution in [-0.2, 0) is 4.79 Å². The second-order valence-electron chi connectivity index (χ2n) is 6.56. The number of benzene rings is 1. The van der Waals surface area contributed by atoms with E-state index in [1.165, 1.54) is 11.8 Å². The molecular formula is C20H24N4O4S. The summed E-state index contributed by atoms with van der Waals surface area (Å²) in [7, 11) is 3.12. The molecule has 0 saturated carbocycles. The van der Waals surface area contributed by atoms with E-state index < -0.39 is 0 Å². The third-order valence-electron chi connectivity index (χ3n) is 4.29. The topological polar surface area (TPSA) is 91.4 Å². The molecule has 3 rings (SSSR count). The van der Waals surface area contributed by atoms with E-state index >= 15 is 0 Å². The van der Waals surface area contributed by atoms with Crippen molar-refractivity contribution in [3.05, 3.63) is 36.3 Å². The smallest absolute Gasteiger partial charge is 0.234 e. The van der Waals surface area contributed by atoms with Crippen LogP contribution in [-0.4, -0.2) is 40.6 Å². The summed E-state index contributed by atoms with van der Waals surface area (Å²) in [4.78, 5) is 12.5. The van der Waals surface area contributed by atoms with Gasteiger partial charge in [0, 0.05) is 12.1 Å². The number of ether oxygens (including phenoxy) is 2. The number of nitrogens with zero attached hydrogens (tertiary/aromatic N) is 3. The van der Waals surface area contributed by atoms with E-state index in [4.69, 9.17) is 13.9 Å². The molecule has 1 amide bonds. The summed E-state index contributed by atoms with van der Waals surface area (Å²) < 4.78 is 17.9. The Kier molecular flexibility index (Phi) is 6.48. The highest BCUT2D eigenvalue weighted by atomic mass is 32.2. The molecule has 0 aliphatic carbocycles. The van der Waals surface area contributed by atoms with E-state index in [1.807, 2.05) is 31.4 Å². The number of hydrogen-bond acceptors (Lipinski definition) is 7. The molecule has 0 atom stereocenters. The van der Waals surface area contributed by atoms with Gasteiger partial charge in [0.25, 0.3) is 0 Å². The third kappa shape index (κ3) is 4.56. The van der Waals surface area contributed by atoms with Crippen molar-refractivity contribution in [1.82, 2.24) is 14.8 Å². The maximum atomic E-state index is 12.5. The molecule has 9 heteroatoms. The minimum absolute atomic E-state index is 0.123. The van der Waals surface area contributed by atoms with Crippen LogP contribution in [0.1, 0.15) is 25.6 Å². The van der Waals surface area contributed by atoms with Gasteiger partial charge in [0.1, 0.15) is 17.3 Å². The molecule has 2 heterocycles. The molecule has 0 bridgehead atoms. The lowest BCUT2D eigenvalue weighted by molar-refractivity contribution is -0.113. The number of amides is 1. The number of carbonyl (C=O) groups is 1. The number of carbonyl (C=O) groups excluding carboxylic acids is 1. The minimum atomic E-state index is -0.180. The van der Waals surface area contributed by atoms with Crippen molar-refractivity contribution in [2.24, 2.45) is 0 Å². The molecule has 0 spiro atoms. The fraction of sp³-hybridized carbons (Fsp3) is 0.350. The van der Waals surface area contributed by atoms with Crippen molar-refractivity contribution in [3.8, 4) is 22.9 Å². The standard InChI is InChI=1S/C20H24N4O4S/c1-12(2)24-19(15-8-9-28-13(15)3)22-23-20(24)29-11-18(25)21-16-10-14(26-4)6-7-17(16)27-5/h6-10,12H,11H2,1-5H3,(H,21,25). The third-order valence-corrected chi connectivity index (χ3v) is 5.24. The second-order valence-corrected chi connectivity index (χ2v) is 7.51. The summed E-state index contributed by atoms with van der Waals surface area (Å²) in [6.45, 7) is 5.98. The number of anilines is 1. The van der Waals surface area contributed by atoms with Crippen molar-refractivity contribution in [3.63, 3.8) is 0 Å². The number of aromatic nitrogens is 3. The molecule has 0 fully saturated rings. The van der Waals surface area contributed by atoms with Gasteiger partial charge in [-0.2, -0.15) is 0 Å². The maximum absolute atomic E-state index is 12.5. The quantitative estimate of drug-likeness (QED) is 0.551. The van der Waals surface area contributed by atoms with Gasteiger partial charge in [-0.1, -0.05) is 11.8 Å². The van der Waals surface area contributed by atoms with Crippen LogP contribution in [0, 0.1) is 6.92 Å². The molecule has 154 valence electrons. The predicted molar refractivity (Wildman–Crippen MR) is 112 cm³/mol. The van der Waals surface area contributed by atoms with Crippen LogP contribution in [0.5, 0.6) is 11.5 Å². The van der Waals surface area contributed by atoms with E-state index in [2.05, 4.69) is 15.5 Å². The molecule has 3 aromatic rings. The molecule has 8 nitrogen and oxygen atoms in total. The summed E-state index contributed by atoms with van der Waals surface area (Å²) in [5.41, 5.74) is 1.45. The molecule has 0 unspecified atom stereocenters. The van der Waals surface area contributed by atoms with Gasteiger partial charge in [0.05, 0.1) is 37.5 Å². The maximum Gasteiger partial charge on any atom is 0.234 e. The van der Waals surface area contributed by atoms with E-state index in [0.29, 0.717) is 22.3 Å². The van der Waals surface area contributed by atoms with Gasteiger partial charge in [-0.05, 0) is 39.0 Å². The molecule has 0 radical (unpaired) electrons. The Bertz CT molecular complexity index is 996. The van der Waals surface area contributed by atoms with Crippen molar-refractivity contribution in [1.29, 1.82) is 0 Å². The van der Waals surface area contributed by atoms with Gasteiger partial charge < -0.3 is 19.2 Å². The SMILES string of the molecule is COc1ccc(OC)c(NC(=O)CSc2nnc(-c3ccoc3C)n2C(C)C)c1. The van der Waals surface area contributed by atoms with Gasteiger partial charge in [-0.25, -0.2) is 0 Å². The Balaban J connectivity index is 1.74. The number of furan rings is 1. The van der Waals surface area contributed by atoms with E-state index in [-0.39, 0.29) is 17.7 Å². The fourth-order valence-electron chi connectivity index (χ4n) is 2.87. The van der Waals surface area contributed by atoms with Gasteiger partial charge >= 0.3 is 0 Å². The number of nitrogens with one attached hydrogen (secondary N) is 1. The molecule has 2 aromatic heterocycles. The van der Waals surface area contributed by atoms with Crippen molar-refractivity contribution < 1.29 is 18.7 Å². The zero-order valence-electron chi connectivity index (χ0n) is 17.1. The number of rotatable bonds is 8. The number of thioether (sulfide) groups is 1. The van der Waals surface area contributed by atoms with Crippen molar-refractivity contribution in [2.45, 2.75) is 32.0 Å². The Morgan fingerprint density at radius 1 is 1.24 bits per heavy atom. The van der Waals surface area contributed by atoms with Crippen LogP contribution in [0.4, 0.5) is 5.69 Å². The van der Waals surface area contributed by atoms with Gasteiger partial charge in [0.15, 0.2) is 11.0 Å². The molecule has 0 aliphatic heterocycles. The van der Waals surface area contributed by atoms with Crippen LogP contribution in [0.25, 0.3) is 11.4 Å². The van der Waals surface area contributed by atoms with Crippen LogP contribution in [0.2, 0.25) is 0 Å². The van der Waals surface area contributed by atoms with E-state index in [1.54, 1.807) is 38.7 Å². The lowest BCUT2D eigenvalue weighted by atomic mass is 10.2. The Morgan fingerprint density at radius 3 is 2.66 bits per heavy atom. The highest BCUT2D eigenvalue weighted by Gasteiger charge is 2.20. The van der Waals surface area contributed by atoms with Crippen LogP contribution >= 0.6 is 11.8 Å². The Morgan fingerprint density at radius 2 is 2.03 bits per heavy atom. The van der Waals surface area contributed by atoms with E-state index in [9.17, 15) is 4.79 Å². The summed E-state index contributed by atoms with van der Waals surface area (Å²) in [6.07, 6.45) is 1.63. The van der Waals surface area contributed by atoms with Gasteiger partial charge in [0.2, 0.25) is 5.91 Å². The normalized spacial score (nSPS) is 11.0. The fourth-order valence-corrected chi connectivity index (χ4v) is 3.74. The zero-order chi connectivity index (χ0) is 21.0. The molecule has 0 aliphatic rings. The monoisotopic (exact) mass is 416 g/mol. The highest BCUT2D eigenvalue weighted by molar-refractivity contribution is 7.99. The minimum Gasteiger partial charge on any atom is -0.497 e. The Hall–Kier alpha value is -2.94. The largest absolute Gasteiger partial charge is 0.497 e. The first-order valence-electron chi connectivity index (χ1n) is 9.08. The molecule has 1 aromatic carbocycles. The van der Waals surface area contributed by atoms with Crippen molar-refractivity contribution >= 4 is 23.4 Å². The number of hydrogen-bond donors (Lipinski definition) is 1. The second kappa shape index (κ2) is 9.04. The van der Waals surface area contributed by atoms with Gasteiger partial charge in [-0.15, -0.1) is 10.2 Å². The van der Waals surface area contributed by atoms with Crippen LogP contribution in [0.3, 0.4) is 0 Å². The van der Waals surface area contributed by atoms with E-state index in [0.717, 1.165) is 17.1 Å². The Labute approximate surface area is 173 Å². The average Bonchev–Trinajstić information content (AvgIpc) is 3.31.